The highest BCUT2D eigenvalue weighted by Crippen LogP contribution is 2.32. The third kappa shape index (κ3) is 4.47. The van der Waals surface area contributed by atoms with Gasteiger partial charge in [-0.05, 0) is 61.5 Å². The number of hydrogen-bond acceptors (Lipinski definition) is 6. The number of phenols is 1. The topological polar surface area (TPSA) is 128 Å². The molecule has 1 aliphatic heterocycles. The van der Waals surface area contributed by atoms with Crippen molar-refractivity contribution in [2.45, 2.75) is 18.6 Å². The van der Waals surface area contributed by atoms with E-state index in [-0.39, 0.29) is 28.7 Å². The molecular formula is C28H23N5O4Si. The summed E-state index contributed by atoms with van der Waals surface area (Å²) in [4.78, 5) is 41.4. The van der Waals surface area contributed by atoms with E-state index in [2.05, 4.69) is 10.4 Å². The number of nitrogens with one attached hydrogen (secondary N) is 1. The number of nitriles is 1. The minimum Gasteiger partial charge on any atom is -0.508 e. The lowest BCUT2D eigenvalue weighted by Gasteiger charge is -2.42. The zero-order chi connectivity index (χ0) is 27.0. The molecule has 0 aliphatic carbocycles. The Hall–Kier alpha value is -5.01. The van der Waals surface area contributed by atoms with Crippen molar-refractivity contribution >= 4 is 39.2 Å². The number of aromatic nitrogens is 2. The first-order chi connectivity index (χ1) is 18.2. The largest absolute Gasteiger partial charge is 0.508 e. The van der Waals surface area contributed by atoms with Gasteiger partial charge in [0, 0.05) is 37.9 Å². The van der Waals surface area contributed by atoms with Crippen LogP contribution in [0.25, 0.3) is 0 Å². The Labute approximate surface area is 221 Å². The van der Waals surface area contributed by atoms with Crippen molar-refractivity contribution < 1.29 is 19.5 Å². The van der Waals surface area contributed by atoms with Crippen LogP contribution in [0, 0.1) is 11.3 Å². The molecule has 0 spiro atoms. The third-order valence-corrected chi connectivity index (χ3v) is 7.14. The molecular weight excluding hydrogens is 498 g/mol. The summed E-state index contributed by atoms with van der Waals surface area (Å²) < 4.78 is 1.56. The molecule has 10 heteroatoms. The summed E-state index contributed by atoms with van der Waals surface area (Å²) in [7, 11) is 0.612. The molecule has 2 heterocycles. The number of carbonyl (C=O) groups is 3. The Balaban J connectivity index is 1.44. The molecule has 0 unspecified atom stereocenters. The molecule has 2 N–H and O–H groups in total. The molecule has 0 fully saturated rings. The van der Waals surface area contributed by atoms with Gasteiger partial charge in [-0.2, -0.15) is 10.4 Å². The van der Waals surface area contributed by atoms with E-state index >= 15 is 0 Å². The number of anilines is 2. The van der Waals surface area contributed by atoms with Crippen LogP contribution in [0.4, 0.5) is 11.4 Å². The number of phenolic OH excluding ortho intramolecular Hbond substituents is 1. The first kappa shape index (κ1) is 24.7. The molecule has 1 atom stereocenters. The number of benzene rings is 3. The van der Waals surface area contributed by atoms with Crippen LogP contribution in [0.5, 0.6) is 5.75 Å². The summed E-state index contributed by atoms with van der Waals surface area (Å²) in [5, 5.41) is 25.3. The van der Waals surface area contributed by atoms with E-state index in [1.165, 1.54) is 18.3 Å². The zero-order valence-electron chi connectivity index (χ0n) is 20.7. The highest BCUT2D eigenvalue weighted by molar-refractivity contribution is 6.25. The Bertz CT molecular complexity index is 1640. The molecule has 4 aromatic rings. The van der Waals surface area contributed by atoms with E-state index in [1.807, 2.05) is 13.0 Å². The maximum Gasteiger partial charge on any atom is 0.277 e. The van der Waals surface area contributed by atoms with Crippen LogP contribution in [-0.4, -0.2) is 47.9 Å². The summed E-state index contributed by atoms with van der Waals surface area (Å²) >= 11 is 0. The monoisotopic (exact) mass is 521 g/mol. The first-order valence-corrected chi connectivity index (χ1v) is 12.8. The first-order valence-electron chi connectivity index (χ1n) is 11.8. The van der Waals surface area contributed by atoms with Gasteiger partial charge in [-0.25, -0.2) is 0 Å². The number of amides is 2. The SMILES string of the molecule is C[C@]1([SiH3])Cn2ncc(C(=O)Nc3cccc(C#N)c3)c2C(=O)N1c1ccc(C(=O)c2cccc(O)c2)cc1. The molecule has 0 bridgehead atoms. The van der Waals surface area contributed by atoms with Gasteiger partial charge in [-0.15, -0.1) is 0 Å². The number of fused-ring (bicyclic) bond motifs is 1. The maximum absolute atomic E-state index is 13.8. The van der Waals surface area contributed by atoms with Crippen LogP contribution < -0.4 is 10.2 Å². The van der Waals surface area contributed by atoms with Crippen molar-refractivity contribution in [3.05, 3.63) is 107 Å². The van der Waals surface area contributed by atoms with Crippen molar-refractivity contribution in [1.29, 1.82) is 5.26 Å². The van der Waals surface area contributed by atoms with Gasteiger partial charge in [0.1, 0.15) is 11.4 Å². The molecule has 2 amide bonds. The lowest BCUT2D eigenvalue weighted by molar-refractivity contribution is 0.0924. The van der Waals surface area contributed by atoms with E-state index in [1.54, 1.807) is 70.2 Å². The quantitative estimate of drug-likeness (QED) is 0.307. The van der Waals surface area contributed by atoms with Crippen LogP contribution in [-0.2, 0) is 6.54 Å². The molecule has 0 saturated carbocycles. The predicted octanol–water partition coefficient (Wildman–Crippen LogP) is 2.69. The van der Waals surface area contributed by atoms with E-state index in [9.17, 15) is 19.5 Å². The summed E-state index contributed by atoms with van der Waals surface area (Å²) in [6, 6.07) is 21.4. The van der Waals surface area contributed by atoms with Crippen molar-refractivity contribution in [3.8, 4) is 11.8 Å². The second-order valence-corrected chi connectivity index (χ2v) is 11.7. The lowest BCUT2D eigenvalue weighted by atomic mass is 10.0. The van der Waals surface area contributed by atoms with Gasteiger partial charge in [0.2, 0.25) is 0 Å². The van der Waals surface area contributed by atoms with Crippen molar-refractivity contribution in [1.82, 2.24) is 9.78 Å². The standard InChI is InChI=1S/C28H23N5O4Si/c1-28(38)16-32-24(23(15-30-32)26(36)31-20-6-2-4-17(12-20)14-29)27(37)33(28)21-10-8-18(9-11-21)25(35)19-5-3-7-22(34)13-19/h2-13,15,34H,16H2,1,38H3,(H,31,36)/t28-/m0/s1. The highest BCUT2D eigenvalue weighted by Gasteiger charge is 2.42. The summed E-state index contributed by atoms with van der Waals surface area (Å²) in [5.74, 6) is -1.11. The van der Waals surface area contributed by atoms with E-state index in [4.69, 9.17) is 5.26 Å². The van der Waals surface area contributed by atoms with Crippen LogP contribution in [0.1, 0.15) is 49.3 Å². The number of ketones is 1. The van der Waals surface area contributed by atoms with E-state index in [0.717, 1.165) is 0 Å². The van der Waals surface area contributed by atoms with Crippen molar-refractivity contribution in [2.24, 2.45) is 0 Å². The minimum atomic E-state index is -0.540. The molecule has 3 aromatic carbocycles. The Morgan fingerprint density at radius 1 is 1.08 bits per heavy atom. The van der Waals surface area contributed by atoms with Crippen LogP contribution in [0.2, 0.25) is 0 Å². The molecule has 0 radical (unpaired) electrons. The van der Waals surface area contributed by atoms with E-state index in [0.29, 0.717) is 44.9 Å². The van der Waals surface area contributed by atoms with Gasteiger partial charge in [-0.1, -0.05) is 18.2 Å². The van der Waals surface area contributed by atoms with Crippen LogP contribution in [0.3, 0.4) is 0 Å². The lowest BCUT2D eigenvalue weighted by Crippen LogP contribution is -2.58. The summed E-state index contributed by atoms with van der Waals surface area (Å²) in [6.07, 6.45) is 1.38. The average molecular weight is 522 g/mol. The fourth-order valence-corrected chi connectivity index (χ4v) is 5.38. The van der Waals surface area contributed by atoms with Gasteiger partial charge >= 0.3 is 0 Å². The van der Waals surface area contributed by atoms with Crippen LogP contribution >= 0.6 is 0 Å². The second kappa shape index (κ2) is 9.46. The maximum atomic E-state index is 13.8. The fraction of sp³-hybridized carbons (Fsp3) is 0.107. The number of hydrogen-bond donors (Lipinski definition) is 2. The molecule has 5 rings (SSSR count). The molecule has 1 aliphatic rings. The summed E-state index contributed by atoms with van der Waals surface area (Å²) in [6.45, 7) is 2.36. The minimum absolute atomic E-state index is 0.00677. The van der Waals surface area contributed by atoms with Gasteiger partial charge in [-0.3, -0.25) is 19.1 Å². The van der Waals surface area contributed by atoms with Gasteiger partial charge < -0.3 is 15.3 Å². The molecule has 1 aromatic heterocycles. The Morgan fingerprint density at radius 3 is 2.53 bits per heavy atom. The van der Waals surface area contributed by atoms with Crippen molar-refractivity contribution in [2.75, 3.05) is 10.2 Å². The normalized spacial score (nSPS) is 16.5. The highest BCUT2D eigenvalue weighted by atomic mass is 28.1. The third-order valence-electron chi connectivity index (χ3n) is 6.38. The fourth-order valence-electron chi connectivity index (χ4n) is 4.62. The summed E-state index contributed by atoms with van der Waals surface area (Å²) in [5.41, 5.74) is 2.53. The Morgan fingerprint density at radius 2 is 1.82 bits per heavy atom. The number of carbonyl (C=O) groups excluding carboxylic acids is 3. The molecule has 38 heavy (non-hydrogen) atoms. The Kier molecular flexibility index (Phi) is 6.14. The zero-order valence-corrected chi connectivity index (χ0v) is 22.7. The predicted molar refractivity (Wildman–Crippen MR) is 144 cm³/mol. The van der Waals surface area contributed by atoms with Gasteiger partial charge in [0.15, 0.2) is 5.78 Å². The molecule has 0 saturated heterocycles. The number of aromatic hydroxyl groups is 1. The number of nitrogens with zero attached hydrogens (tertiary/aromatic N) is 4. The smallest absolute Gasteiger partial charge is 0.277 e. The van der Waals surface area contributed by atoms with Gasteiger partial charge in [0.05, 0.1) is 29.9 Å². The van der Waals surface area contributed by atoms with E-state index < -0.39 is 11.1 Å². The molecule has 9 nitrogen and oxygen atoms in total. The second-order valence-electron chi connectivity index (χ2n) is 9.59. The average Bonchev–Trinajstić information content (AvgIpc) is 3.32. The molecule has 188 valence electrons. The van der Waals surface area contributed by atoms with Crippen molar-refractivity contribution in [3.63, 3.8) is 0 Å². The van der Waals surface area contributed by atoms with Gasteiger partial charge in [0.25, 0.3) is 11.8 Å². The van der Waals surface area contributed by atoms with Crippen LogP contribution in [0.15, 0.2) is 79.0 Å². The number of rotatable bonds is 5.